The third kappa shape index (κ3) is 2.64. The average Bonchev–Trinajstić information content (AvgIpc) is 2.33. The predicted molar refractivity (Wildman–Crippen MR) is 66.5 cm³/mol. The van der Waals surface area contributed by atoms with Gasteiger partial charge in [0.05, 0.1) is 0 Å². The van der Waals surface area contributed by atoms with Gasteiger partial charge in [0.1, 0.15) is 6.33 Å². The number of nitrogens with zero attached hydrogens (tertiary/aromatic N) is 4. The normalized spacial score (nSPS) is 26.7. The van der Waals surface area contributed by atoms with E-state index < -0.39 is 0 Å². The zero-order valence-corrected chi connectivity index (χ0v) is 10.3. The van der Waals surface area contributed by atoms with Crippen LogP contribution in [-0.2, 0) is 6.54 Å². The number of hydrogen-bond donors (Lipinski definition) is 0. The summed E-state index contributed by atoms with van der Waals surface area (Å²) < 4.78 is 0. The van der Waals surface area contributed by atoms with Crippen LogP contribution in [0.1, 0.15) is 24.8 Å². The monoisotopic (exact) mass is 232 g/mol. The van der Waals surface area contributed by atoms with E-state index in [1.54, 1.807) is 6.33 Å². The van der Waals surface area contributed by atoms with Crippen LogP contribution in [0, 0.1) is 0 Å². The molecule has 0 unspecified atom stereocenters. The Balaban J connectivity index is 1.61. The van der Waals surface area contributed by atoms with E-state index in [9.17, 15) is 0 Å². The van der Waals surface area contributed by atoms with Crippen LogP contribution in [0.5, 0.6) is 0 Å². The van der Waals surface area contributed by atoms with Crippen LogP contribution in [0.25, 0.3) is 0 Å². The summed E-state index contributed by atoms with van der Waals surface area (Å²) in [6, 6.07) is 0.805. The Kier molecular flexibility index (Phi) is 3.34. The van der Waals surface area contributed by atoms with Gasteiger partial charge in [-0.3, -0.25) is 9.80 Å². The van der Waals surface area contributed by atoms with Gasteiger partial charge in [-0.15, -0.1) is 0 Å². The molecular formula is C13H20N4. The maximum absolute atomic E-state index is 4.09. The molecule has 0 bridgehead atoms. The van der Waals surface area contributed by atoms with Crippen molar-refractivity contribution in [3.63, 3.8) is 0 Å². The van der Waals surface area contributed by atoms with Crippen molar-refractivity contribution in [3.05, 3.63) is 24.3 Å². The smallest absolute Gasteiger partial charge is 0.115 e. The van der Waals surface area contributed by atoms with Crippen LogP contribution in [-0.4, -0.2) is 52.0 Å². The van der Waals surface area contributed by atoms with Crippen molar-refractivity contribution in [1.82, 2.24) is 19.8 Å². The highest BCUT2D eigenvalue weighted by Crippen LogP contribution is 2.22. The van der Waals surface area contributed by atoms with E-state index in [0.29, 0.717) is 0 Å². The summed E-state index contributed by atoms with van der Waals surface area (Å²) in [5.41, 5.74) is 1.24. The third-order valence-electron chi connectivity index (χ3n) is 3.92. The standard InChI is InChI=1S/C13H20N4/c1-2-5-17-6-3-13(17)10-16(4-1)9-12-7-14-11-15-8-12/h7-8,11,13H,1-6,9-10H2/t13-/m1/s1. The summed E-state index contributed by atoms with van der Waals surface area (Å²) in [4.78, 5) is 13.4. The van der Waals surface area contributed by atoms with Crippen LogP contribution < -0.4 is 0 Å². The van der Waals surface area contributed by atoms with Gasteiger partial charge in [0, 0.05) is 43.6 Å². The molecule has 1 atom stereocenters. The lowest BCUT2D eigenvalue weighted by Crippen LogP contribution is -2.54. The molecule has 0 N–H and O–H groups in total. The lowest BCUT2D eigenvalue weighted by atomic mass is 9.99. The molecule has 2 aliphatic heterocycles. The fourth-order valence-corrected chi connectivity index (χ4v) is 2.85. The molecule has 92 valence electrons. The van der Waals surface area contributed by atoms with Crippen molar-refractivity contribution in [2.45, 2.75) is 31.8 Å². The van der Waals surface area contributed by atoms with Gasteiger partial charge in [0.2, 0.25) is 0 Å². The second-order valence-corrected chi connectivity index (χ2v) is 5.17. The van der Waals surface area contributed by atoms with Crippen LogP contribution in [0.15, 0.2) is 18.7 Å². The van der Waals surface area contributed by atoms with Crippen LogP contribution >= 0.6 is 0 Å². The molecule has 17 heavy (non-hydrogen) atoms. The molecular weight excluding hydrogens is 212 g/mol. The summed E-state index contributed by atoms with van der Waals surface area (Å²) in [7, 11) is 0. The molecule has 0 saturated carbocycles. The van der Waals surface area contributed by atoms with Crippen molar-refractivity contribution in [2.75, 3.05) is 26.2 Å². The Morgan fingerprint density at radius 1 is 1.12 bits per heavy atom. The third-order valence-corrected chi connectivity index (χ3v) is 3.92. The number of rotatable bonds is 2. The van der Waals surface area contributed by atoms with Crippen LogP contribution in [0.4, 0.5) is 0 Å². The summed E-state index contributed by atoms with van der Waals surface area (Å²) in [5.74, 6) is 0. The zero-order valence-electron chi connectivity index (χ0n) is 10.3. The van der Waals surface area contributed by atoms with Gasteiger partial charge >= 0.3 is 0 Å². The number of aromatic nitrogens is 2. The average molecular weight is 232 g/mol. The second-order valence-electron chi connectivity index (χ2n) is 5.17. The molecule has 2 aliphatic rings. The van der Waals surface area contributed by atoms with Crippen molar-refractivity contribution < 1.29 is 0 Å². The second kappa shape index (κ2) is 5.10. The molecule has 3 heterocycles. The van der Waals surface area contributed by atoms with Crippen molar-refractivity contribution in [3.8, 4) is 0 Å². The highest BCUT2D eigenvalue weighted by atomic mass is 15.3. The van der Waals surface area contributed by atoms with E-state index in [1.807, 2.05) is 12.4 Å². The molecule has 2 fully saturated rings. The van der Waals surface area contributed by atoms with Gasteiger partial charge < -0.3 is 0 Å². The highest BCUT2D eigenvalue weighted by Gasteiger charge is 2.30. The molecule has 2 saturated heterocycles. The number of fused-ring (bicyclic) bond motifs is 1. The topological polar surface area (TPSA) is 32.3 Å². The molecule has 0 aliphatic carbocycles. The fraction of sp³-hybridized carbons (Fsp3) is 0.692. The first-order chi connectivity index (χ1) is 8.42. The molecule has 1 aromatic heterocycles. The first-order valence-corrected chi connectivity index (χ1v) is 6.62. The molecule has 0 spiro atoms. The van der Waals surface area contributed by atoms with E-state index in [2.05, 4.69) is 19.8 Å². The molecule has 4 heteroatoms. The van der Waals surface area contributed by atoms with E-state index >= 15 is 0 Å². The van der Waals surface area contributed by atoms with E-state index in [0.717, 1.165) is 12.6 Å². The molecule has 4 nitrogen and oxygen atoms in total. The van der Waals surface area contributed by atoms with Gasteiger partial charge in [0.15, 0.2) is 0 Å². The Bertz CT molecular complexity index is 354. The van der Waals surface area contributed by atoms with Gasteiger partial charge in [0.25, 0.3) is 0 Å². The Morgan fingerprint density at radius 3 is 2.71 bits per heavy atom. The lowest BCUT2D eigenvalue weighted by molar-refractivity contribution is 0.0378. The van der Waals surface area contributed by atoms with E-state index in [-0.39, 0.29) is 0 Å². The predicted octanol–water partition coefficient (Wildman–Crippen LogP) is 1.15. The largest absolute Gasteiger partial charge is 0.299 e. The van der Waals surface area contributed by atoms with Crippen molar-refractivity contribution in [2.24, 2.45) is 0 Å². The first kappa shape index (κ1) is 11.1. The quantitative estimate of drug-likeness (QED) is 0.765. The van der Waals surface area contributed by atoms with E-state index in [1.165, 1.54) is 51.0 Å². The highest BCUT2D eigenvalue weighted by molar-refractivity contribution is 5.02. The Labute approximate surface area is 103 Å². The Hall–Kier alpha value is -1.00. The summed E-state index contributed by atoms with van der Waals surface area (Å²) in [6.07, 6.45) is 9.51. The minimum atomic E-state index is 0.805. The maximum atomic E-state index is 4.09. The minimum absolute atomic E-state index is 0.805. The molecule has 3 rings (SSSR count). The zero-order chi connectivity index (χ0) is 11.5. The van der Waals surface area contributed by atoms with Crippen LogP contribution in [0.2, 0.25) is 0 Å². The summed E-state index contributed by atoms with van der Waals surface area (Å²) in [5, 5.41) is 0. The maximum Gasteiger partial charge on any atom is 0.115 e. The lowest BCUT2D eigenvalue weighted by Gasteiger charge is -2.45. The SMILES string of the molecule is c1ncc(CN2CCCCN3CC[C@@H]3C2)cn1. The van der Waals surface area contributed by atoms with Gasteiger partial charge in [-0.05, 0) is 32.4 Å². The Morgan fingerprint density at radius 2 is 1.94 bits per heavy atom. The molecule has 0 aromatic carbocycles. The first-order valence-electron chi connectivity index (χ1n) is 6.62. The summed E-state index contributed by atoms with van der Waals surface area (Å²) in [6.45, 7) is 6.07. The fourth-order valence-electron chi connectivity index (χ4n) is 2.85. The van der Waals surface area contributed by atoms with Crippen molar-refractivity contribution in [1.29, 1.82) is 0 Å². The van der Waals surface area contributed by atoms with E-state index in [4.69, 9.17) is 0 Å². The summed E-state index contributed by atoms with van der Waals surface area (Å²) >= 11 is 0. The molecule has 1 aromatic rings. The van der Waals surface area contributed by atoms with Gasteiger partial charge in [-0.1, -0.05) is 0 Å². The van der Waals surface area contributed by atoms with Crippen molar-refractivity contribution >= 4 is 0 Å². The minimum Gasteiger partial charge on any atom is -0.299 e. The molecule has 0 radical (unpaired) electrons. The van der Waals surface area contributed by atoms with Crippen LogP contribution in [0.3, 0.4) is 0 Å². The van der Waals surface area contributed by atoms with Gasteiger partial charge in [-0.25, -0.2) is 9.97 Å². The van der Waals surface area contributed by atoms with Gasteiger partial charge in [-0.2, -0.15) is 0 Å². The molecule has 0 amide bonds. The number of hydrogen-bond acceptors (Lipinski definition) is 4.